The molecule has 0 bridgehead atoms. The smallest absolute Gasteiger partial charge is 0.0125 e. The molecule has 0 amide bonds. The average molecular weight is 266 g/mol. The summed E-state index contributed by atoms with van der Waals surface area (Å²) >= 11 is 0. The highest BCUT2D eigenvalue weighted by Crippen LogP contribution is 2.41. The van der Waals surface area contributed by atoms with E-state index in [9.17, 15) is 0 Å². The Hall–Kier alpha value is -0.0800. The summed E-state index contributed by atoms with van der Waals surface area (Å²) in [5.74, 6) is 0.873. The van der Waals surface area contributed by atoms with Gasteiger partial charge in [-0.05, 0) is 52.6 Å². The molecule has 0 atom stereocenters. The van der Waals surface area contributed by atoms with Crippen molar-refractivity contribution in [3.63, 3.8) is 0 Å². The minimum absolute atomic E-state index is 0.362. The molecule has 2 fully saturated rings. The normalized spacial score (nSPS) is 24.3. The summed E-state index contributed by atoms with van der Waals surface area (Å²) in [6.45, 7) is 18.4. The Kier molecular flexibility index (Phi) is 4.62. The lowest BCUT2D eigenvalue weighted by Crippen LogP contribution is -2.58. The third kappa shape index (κ3) is 3.95. The molecule has 2 heteroatoms. The number of rotatable bonds is 5. The van der Waals surface area contributed by atoms with Crippen LogP contribution in [0.4, 0.5) is 0 Å². The largest absolute Gasteiger partial charge is 0.302 e. The number of nitrogens with zero attached hydrogens (tertiary/aromatic N) is 2. The Bertz CT molecular complexity index is 284. The van der Waals surface area contributed by atoms with Gasteiger partial charge in [-0.2, -0.15) is 0 Å². The monoisotopic (exact) mass is 266 g/mol. The molecule has 0 aromatic carbocycles. The maximum atomic E-state index is 2.69. The summed E-state index contributed by atoms with van der Waals surface area (Å²) in [4.78, 5) is 5.37. The van der Waals surface area contributed by atoms with E-state index >= 15 is 0 Å². The molecule has 2 nitrogen and oxygen atoms in total. The Balaban J connectivity index is 1.64. The zero-order chi connectivity index (χ0) is 14.1. The van der Waals surface area contributed by atoms with Gasteiger partial charge >= 0.3 is 0 Å². The Morgan fingerprint density at radius 3 is 2.26 bits per heavy atom. The van der Waals surface area contributed by atoms with Crippen LogP contribution in [0.5, 0.6) is 0 Å². The first-order valence-electron chi connectivity index (χ1n) is 8.28. The highest BCUT2D eigenvalue weighted by atomic mass is 15.3. The van der Waals surface area contributed by atoms with Crippen LogP contribution >= 0.6 is 0 Å². The quantitative estimate of drug-likeness (QED) is 0.701. The zero-order valence-electron chi connectivity index (χ0n) is 13.8. The first kappa shape index (κ1) is 15.3. The fraction of sp³-hybridized carbons (Fsp3) is 1.00. The van der Waals surface area contributed by atoms with Crippen molar-refractivity contribution in [3.8, 4) is 0 Å². The van der Waals surface area contributed by atoms with Crippen LogP contribution in [0.25, 0.3) is 0 Å². The van der Waals surface area contributed by atoms with Crippen molar-refractivity contribution in [1.29, 1.82) is 0 Å². The van der Waals surface area contributed by atoms with Crippen LogP contribution in [0.15, 0.2) is 0 Å². The molecular weight excluding hydrogens is 232 g/mol. The van der Waals surface area contributed by atoms with Crippen molar-refractivity contribution in [2.45, 2.75) is 65.8 Å². The van der Waals surface area contributed by atoms with Crippen LogP contribution in [-0.4, -0.2) is 48.1 Å². The van der Waals surface area contributed by atoms with Gasteiger partial charge in [-0.15, -0.1) is 0 Å². The molecule has 0 unspecified atom stereocenters. The second-order valence-corrected chi connectivity index (χ2v) is 8.44. The first-order valence-corrected chi connectivity index (χ1v) is 8.28. The van der Waals surface area contributed by atoms with Gasteiger partial charge in [0, 0.05) is 30.6 Å². The van der Waals surface area contributed by atoms with Crippen LogP contribution in [0.1, 0.15) is 60.3 Å². The van der Waals surface area contributed by atoms with E-state index in [-0.39, 0.29) is 0 Å². The van der Waals surface area contributed by atoms with E-state index in [0.717, 1.165) is 5.92 Å². The van der Waals surface area contributed by atoms with Gasteiger partial charge in [0.15, 0.2) is 0 Å². The van der Waals surface area contributed by atoms with E-state index in [0.29, 0.717) is 11.0 Å². The van der Waals surface area contributed by atoms with E-state index in [4.69, 9.17) is 0 Å². The van der Waals surface area contributed by atoms with Crippen LogP contribution in [0.2, 0.25) is 0 Å². The van der Waals surface area contributed by atoms with Gasteiger partial charge in [0.05, 0.1) is 0 Å². The Labute approximate surface area is 120 Å². The highest BCUT2D eigenvalue weighted by Gasteiger charge is 2.48. The molecule has 0 saturated carbocycles. The van der Waals surface area contributed by atoms with Crippen LogP contribution in [0, 0.1) is 11.3 Å². The first-order chi connectivity index (χ1) is 8.81. The molecule has 2 saturated heterocycles. The average Bonchev–Trinajstić information content (AvgIpc) is 2.67. The van der Waals surface area contributed by atoms with Crippen LogP contribution < -0.4 is 0 Å². The van der Waals surface area contributed by atoms with E-state index < -0.39 is 0 Å². The van der Waals surface area contributed by atoms with Gasteiger partial charge in [0.2, 0.25) is 0 Å². The lowest BCUT2D eigenvalue weighted by Gasteiger charge is -2.49. The molecule has 0 aliphatic carbocycles. The zero-order valence-corrected chi connectivity index (χ0v) is 13.8. The third-order valence-electron chi connectivity index (χ3n) is 5.01. The third-order valence-corrected chi connectivity index (χ3v) is 5.01. The Morgan fingerprint density at radius 2 is 1.74 bits per heavy atom. The second kappa shape index (κ2) is 5.73. The molecule has 1 spiro atoms. The van der Waals surface area contributed by atoms with Gasteiger partial charge in [-0.25, -0.2) is 0 Å². The molecule has 2 aliphatic rings. The minimum atomic E-state index is 0.362. The van der Waals surface area contributed by atoms with Crippen molar-refractivity contribution in [1.82, 2.24) is 9.80 Å². The standard InChI is InChI=1S/C17H34N2/c1-15(2)8-6-7-10-18-12-17(13-18)9-11-19(14-17)16(3,4)5/h15H,6-14H2,1-5H3. The summed E-state index contributed by atoms with van der Waals surface area (Å²) < 4.78 is 0. The summed E-state index contributed by atoms with van der Waals surface area (Å²) in [5.41, 5.74) is 1.02. The van der Waals surface area contributed by atoms with E-state index in [2.05, 4.69) is 44.4 Å². The molecule has 0 aromatic rings. The van der Waals surface area contributed by atoms with E-state index in [1.54, 1.807) is 0 Å². The number of hydrogen-bond acceptors (Lipinski definition) is 2. The highest BCUT2D eigenvalue weighted by molar-refractivity contribution is 5.03. The van der Waals surface area contributed by atoms with Crippen molar-refractivity contribution >= 4 is 0 Å². The molecule has 2 heterocycles. The van der Waals surface area contributed by atoms with Gasteiger partial charge < -0.3 is 4.90 Å². The van der Waals surface area contributed by atoms with E-state index in [1.807, 2.05) is 0 Å². The van der Waals surface area contributed by atoms with Gasteiger partial charge in [-0.1, -0.05) is 26.7 Å². The van der Waals surface area contributed by atoms with Crippen LogP contribution in [-0.2, 0) is 0 Å². The number of unbranched alkanes of at least 4 members (excludes halogenated alkanes) is 1. The second-order valence-electron chi connectivity index (χ2n) is 8.44. The number of likely N-dealkylation sites (tertiary alicyclic amines) is 2. The minimum Gasteiger partial charge on any atom is -0.302 e. The Morgan fingerprint density at radius 1 is 1.05 bits per heavy atom. The van der Waals surface area contributed by atoms with Crippen molar-refractivity contribution in [2.75, 3.05) is 32.7 Å². The molecule has 112 valence electrons. The summed E-state index contributed by atoms with van der Waals surface area (Å²) in [6, 6.07) is 0. The fourth-order valence-electron chi connectivity index (χ4n) is 3.71. The summed E-state index contributed by atoms with van der Waals surface area (Å²) in [7, 11) is 0. The van der Waals surface area contributed by atoms with E-state index in [1.165, 1.54) is 58.4 Å². The molecule has 2 rings (SSSR count). The van der Waals surface area contributed by atoms with Crippen molar-refractivity contribution < 1.29 is 0 Å². The molecule has 0 radical (unpaired) electrons. The lowest BCUT2D eigenvalue weighted by atomic mass is 9.79. The molecule has 2 aliphatic heterocycles. The predicted octanol–water partition coefficient (Wildman–Crippen LogP) is 3.62. The molecule has 0 aromatic heterocycles. The maximum Gasteiger partial charge on any atom is 0.0125 e. The van der Waals surface area contributed by atoms with Gasteiger partial charge in [-0.3, -0.25) is 4.90 Å². The lowest BCUT2D eigenvalue weighted by molar-refractivity contribution is -0.000312. The van der Waals surface area contributed by atoms with Crippen molar-refractivity contribution in [3.05, 3.63) is 0 Å². The predicted molar refractivity (Wildman–Crippen MR) is 83.5 cm³/mol. The van der Waals surface area contributed by atoms with Crippen LogP contribution in [0.3, 0.4) is 0 Å². The van der Waals surface area contributed by atoms with Gasteiger partial charge in [0.1, 0.15) is 0 Å². The summed E-state index contributed by atoms with van der Waals surface area (Å²) in [6.07, 6.45) is 5.63. The maximum absolute atomic E-state index is 2.69. The molecule has 19 heavy (non-hydrogen) atoms. The van der Waals surface area contributed by atoms with Crippen molar-refractivity contribution in [2.24, 2.45) is 11.3 Å². The topological polar surface area (TPSA) is 6.48 Å². The summed E-state index contributed by atoms with van der Waals surface area (Å²) in [5, 5.41) is 0. The fourth-order valence-corrected chi connectivity index (χ4v) is 3.71. The number of hydrogen-bond donors (Lipinski definition) is 0. The molecule has 0 N–H and O–H groups in total. The van der Waals surface area contributed by atoms with Gasteiger partial charge in [0.25, 0.3) is 0 Å². The SMILES string of the molecule is CC(C)CCCCN1CC2(CCN(C(C)(C)C)C2)C1. The molecular formula is C17H34N2.